The number of carbonyl (C=O) groups excluding carboxylic acids is 3. The number of likely N-dealkylation sites (N-methyl/N-ethyl adjacent to an activating group) is 1. The van der Waals surface area contributed by atoms with Gasteiger partial charge in [0.1, 0.15) is 12.6 Å². The number of carboxylic acid groups (broad SMARTS) is 1. The number of unbranched alkanes of at least 4 members (excludes halogenated alkanes) is 12. The zero-order valence-electron chi connectivity index (χ0n) is 27.0. The fourth-order valence-electron chi connectivity index (χ4n) is 4.54. The van der Waals surface area contributed by atoms with Crippen molar-refractivity contribution in [2.24, 2.45) is 0 Å². The Bertz CT molecular complexity index is 702. The van der Waals surface area contributed by atoms with Crippen molar-refractivity contribution >= 4 is 17.9 Å². The predicted octanol–water partition coefficient (Wildman–Crippen LogP) is 5.90. The highest BCUT2D eigenvalue weighted by atomic mass is 16.6. The first kappa shape index (κ1) is 39.1. The Morgan fingerprint density at radius 3 is 1.85 bits per heavy atom. The van der Waals surface area contributed by atoms with E-state index in [1.807, 2.05) is 0 Å². The van der Waals surface area contributed by atoms with E-state index in [0.717, 1.165) is 57.8 Å². The van der Waals surface area contributed by atoms with Crippen LogP contribution in [0.5, 0.6) is 0 Å². The van der Waals surface area contributed by atoms with Crippen LogP contribution < -0.4 is 5.11 Å². The molecule has 0 bridgehead atoms. The van der Waals surface area contributed by atoms with Crippen molar-refractivity contribution in [1.82, 2.24) is 0 Å². The fraction of sp³-hybridized carbons (Fsp3) is 0.848. The summed E-state index contributed by atoms with van der Waals surface area (Å²) in [6.45, 7) is 4.51. The van der Waals surface area contributed by atoms with Gasteiger partial charge < -0.3 is 28.6 Å². The molecule has 0 N–H and O–H groups in total. The Kier molecular flexibility index (Phi) is 24.5. The number of hydrogen-bond acceptors (Lipinski definition) is 7. The van der Waals surface area contributed by atoms with Gasteiger partial charge in [0.05, 0.1) is 40.3 Å². The second-order valence-corrected chi connectivity index (χ2v) is 12.0. The number of allylic oxidation sites excluding steroid dienone is 2. The Labute approximate surface area is 250 Å². The molecule has 0 heterocycles. The van der Waals surface area contributed by atoms with Gasteiger partial charge in [-0.25, -0.2) is 0 Å². The van der Waals surface area contributed by atoms with Crippen molar-refractivity contribution in [3.05, 3.63) is 12.2 Å². The summed E-state index contributed by atoms with van der Waals surface area (Å²) in [7, 11) is 5.38. The van der Waals surface area contributed by atoms with Crippen LogP contribution in [0.25, 0.3) is 0 Å². The van der Waals surface area contributed by atoms with Gasteiger partial charge in [-0.05, 0) is 32.1 Å². The Morgan fingerprint density at radius 1 is 0.707 bits per heavy atom. The molecule has 0 aromatic rings. The number of esters is 2. The van der Waals surface area contributed by atoms with Crippen molar-refractivity contribution in [2.45, 2.75) is 142 Å². The van der Waals surface area contributed by atoms with E-state index in [-0.39, 0.29) is 42.7 Å². The Morgan fingerprint density at radius 2 is 1.27 bits per heavy atom. The van der Waals surface area contributed by atoms with Gasteiger partial charge in [0, 0.05) is 19.3 Å². The zero-order chi connectivity index (χ0) is 30.8. The molecule has 0 amide bonds. The molecule has 0 aliphatic carbocycles. The van der Waals surface area contributed by atoms with Crippen molar-refractivity contribution < 1.29 is 38.2 Å². The normalized spacial score (nSPS) is 13.3. The molecule has 0 aromatic heterocycles. The van der Waals surface area contributed by atoms with Crippen LogP contribution in [-0.4, -0.2) is 75.5 Å². The number of aliphatic carboxylic acids is 1. The molecule has 0 fully saturated rings. The minimum absolute atomic E-state index is 0.0406. The lowest BCUT2D eigenvalue weighted by Gasteiger charge is -2.34. The summed E-state index contributed by atoms with van der Waals surface area (Å²) in [5, 5.41) is 11.5. The summed E-state index contributed by atoms with van der Waals surface area (Å²) < 4.78 is 16.9. The largest absolute Gasteiger partial charge is 0.544 e. The van der Waals surface area contributed by atoms with Crippen molar-refractivity contribution in [3.8, 4) is 0 Å². The molecular formula is C33H61NO7. The van der Waals surface area contributed by atoms with E-state index < -0.39 is 18.1 Å². The molecular weight excluding hydrogens is 522 g/mol. The molecule has 0 rings (SSSR count). The van der Waals surface area contributed by atoms with E-state index in [1.165, 1.54) is 38.5 Å². The first-order chi connectivity index (χ1) is 19.6. The average Bonchev–Trinajstić information content (AvgIpc) is 2.91. The number of carboxylic acids is 1. The molecule has 0 saturated carbocycles. The van der Waals surface area contributed by atoms with Crippen LogP contribution in [0.3, 0.4) is 0 Å². The Balaban J connectivity index is 4.51. The molecule has 0 radical (unpaired) electrons. The second-order valence-electron chi connectivity index (χ2n) is 12.0. The lowest BCUT2D eigenvalue weighted by atomic mass is 10.1. The molecule has 0 spiro atoms. The zero-order valence-corrected chi connectivity index (χ0v) is 27.0. The SMILES string of the molecule is CCC/C=C\CCCCCCCC(=O)OC(COCCC(C(=O)[O-])[N+](C)(C)C)COC(=O)CCCCCCCCC. The van der Waals surface area contributed by atoms with Crippen LogP contribution in [0.4, 0.5) is 0 Å². The number of rotatable bonds is 28. The number of quaternary nitrogens is 1. The van der Waals surface area contributed by atoms with Crippen LogP contribution >= 0.6 is 0 Å². The van der Waals surface area contributed by atoms with E-state index in [2.05, 4.69) is 26.0 Å². The molecule has 0 saturated heterocycles. The average molecular weight is 584 g/mol. The van der Waals surface area contributed by atoms with Gasteiger partial charge in [0.2, 0.25) is 0 Å². The molecule has 2 unspecified atom stereocenters. The van der Waals surface area contributed by atoms with Crippen LogP contribution in [0.15, 0.2) is 12.2 Å². The summed E-state index contributed by atoms with van der Waals surface area (Å²) in [4.78, 5) is 36.3. The molecule has 240 valence electrons. The van der Waals surface area contributed by atoms with E-state index in [9.17, 15) is 19.5 Å². The highest BCUT2D eigenvalue weighted by molar-refractivity contribution is 5.70. The highest BCUT2D eigenvalue weighted by Crippen LogP contribution is 2.12. The van der Waals surface area contributed by atoms with Crippen LogP contribution in [-0.2, 0) is 28.6 Å². The third-order valence-corrected chi connectivity index (χ3v) is 7.13. The number of carbonyl (C=O) groups is 3. The van der Waals surface area contributed by atoms with Crippen LogP contribution in [0.1, 0.15) is 129 Å². The van der Waals surface area contributed by atoms with E-state index in [4.69, 9.17) is 14.2 Å². The number of nitrogens with zero attached hydrogens (tertiary/aromatic N) is 1. The number of hydrogen-bond donors (Lipinski definition) is 0. The van der Waals surface area contributed by atoms with Crippen LogP contribution in [0, 0.1) is 0 Å². The first-order valence-electron chi connectivity index (χ1n) is 16.2. The third-order valence-electron chi connectivity index (χ3n) is 7.13. The minimum atomic E-state index is -1.13. The molecule has 41 heavy (non-hydrogen) atoms. The van der Waals surface area contributed by atoms with Crippen molar-refractivity contribution in [3.63, 3.8) is 0 Å². The quantitative estimate of drug-likeness (QED) is 0.0489. The van der Waals surface area contributed by atoms with Gasteiger partial charge in [0.15, 0.2) is 6.10 Å². The van der Waals surface area contributed by atoms with Gasteiger partial charge in [0.25, 0.3) is 0 Å². The molecule has 0 aliphatic heterocycles. The monoisotopic (exact) mass is 583 g/mol. The third kappa shape index (κ3) is 24.4. The molecule has 2 atom stereocenters. The van der Waals surface area contributed by atoms with Gasteiger partial charge in [-0.2, -0.15) is 0 Å². The smallest absolute Gasteiger partial charge is 0.306 e. The molecule has 0 aromatic carbocycles. The Hall–Kier alpha value is -1.93. The summed E-state index contributed by atoms with van der Waals surface area (Å²) in [6.07, 6.45) is 21.1. The molecule has 8 heteroatoms. The standard InChI is InChI=1S/C33H61NO7/c1-6-8-10-12-14-15-16-18-20-22-24-32(36)41-29(27-39-26-25-30(33(37)38)34(3,4)5)28-40-31(35)23-21-19-17-13-11-9-7-2/h10,12,29-30H,6-9,11,13-28H2,1-5H3/b12-10-. The van der Waals surface area contributed by atoms with Gasteiger partial charge in [-0.1, -0.05) is 90.2 Å². The predicted molar refractivity (Wildman–Crippen MR) is 162 cm³/mol. The second kappa shape index (κ2) is 25.8. The summed E-state index contributed by atoms with van der Waals surface area (Å²) >= 11 is 0. The van der Waals surface area contributed by atoms with Gasteiger partial charge in [-0.15, -0.1) is 0 Å². The summed E-state index contributed by atoms with van der Waals surface area (Å²) in [6, 6.07) is -0.719. The van der Waals surface area contributed by atoms with Gasteiger partial charge in [-0.3, -0.25) is 9.59 Å². The molecule has 8 nitrogen and oxygen atoms in total. The number of ether oxygens (including phenoxy) is 3. The first-order valence-corrected chi connectivity index (χ1v) is 16.2. The minimum Gasteiger partial charge on any atom is -0.544 e. The topological polar surface area (TPSA) is 102 Å². The fourth-order valence-corrected chi connectivity index (χ4v) is 4.54. The van der Waals surface area contributed by atoms with E-state index >= 15 is 0 Å². The lowest BCUT2D eigenvalue weighted by Crippen LogP contribution is -2.55. The maximum atomic E-state index is 12.5. The summed E-state index contributed by atoms with van der Waals surface area (Å²) in [5.74, 6) is -1.76. The van der Waals surface area contributed by atoms with Crippen molar-refractivity contribution in [2.75, 3.05) is 41.0 Å². The highest BCUT2D eigenvalue weighted by Gasteiger charge is 2.25. The summed E-state index contributed by atoms with van der Waals surface area (Å²) in [5.41, 5.74) is 0. The maximum Gasteiger partial charge on any atom is 0.306 e. The van der Waals surface area contributed by atoms with Crippen LogP contribution in [0.2, 0.25) is 0 Å². The van der Waals surface area contributed by atoms with Gasteiger partial charge >= 0.3 is 11.9 Å². The molecule has 0 aliphatic rings. The van der Waals surface area contributed by atoms with E-state index in [0.29, 0.717) is 12.8 Å². The van der Waals surface area contributed by atoms with E-state index in [1.54, 1.807) is 21.1 Å². The van der Waals surface area contributed by atoms with Crippen molar-refractivity contribution in [1.29, 1.82) is 0 Å². The lowest BCUT2D eigenvalue weighted by molar-refractivity contribution is -0.889. The maximum absolute atomic E-state index is 12.5.